The Balaban J connectivity index is 3.30. The minimum atomic E-state index is 0.498. The molecule has 0 aromatic rings. The highest BCUT2D eigenvalue weighted by Gasteiger charge is 1.64. The molecule has 0 rings (SSSR count). The molecule has 0 aromatic heterocycles. The first-order valence-electron chi connectivity index (χ1n) is 1.64. The Morgan fingerprint density at radius 3 is 2.50 bits per heavy atom. The summed E-state index contributed by atoms with van der Waals surface area (Å²) >= 11 is 0. The first-order chi connectivity index (χ1) is 2.77. The lowest BCUT2D eigenvalue weighted by Crippen LogP contribution is -1.93. The number of rotatable bonds is 1. The van der Waals surface area contributed by atoms with Crippen LogP contribution in [0, 0.1) is 0 Å². The van der Waals surface area contributed by atoms with Crippen LogP contribution in [0.1, 0.15) is 0 Å². The zero-order valence-electron chi connectivity index (χ0n) is 3.81. The summed E-state index contributed by atoms with van der Waals surface area (Å²) in [5.41, 5.74) is 5.56. The molecule has 0 radical (unpaired) electrons. The summed E-state index contributed by atoms with van der Waals surface area (Å²) in [5, 5.41) is 0. The molecule has 0 aromatic carbocycles. The summed E-state index contributed by atoms with van der Waals surface area (Å²) in [6.45, 7) is 3.37. The van der Waals surface area contributed by atoms with Crippen molar-refractivity contribution < 1.29 is 0 Å². The Labute approximate surface area is 37.4 Å². The van der Waals surface area contributed by atoms with E-state index in [0.29, 0.717) is 5.70 Å². The van der Waals surface area contributed by atoms with Crippen LogP contribution in [0.4, 0.5) is 0 Å². The van der Waals surface area contributed by atoms with Crippen LogP contribution >= 0.6 is 0 Å². The van der Waals surface area contributed by atoms with E-state index in [-0.39, 0.29) is 0 Å². The Hall–Kier alpha value is -0.790. The smallest absolute Gasteiger partial charge is 0.0432 e. The van der Waals surface area contributed by atoms with Crippen molar-refractivity contribution in [3.8, 4) is 0 Å². The molecule has 2 nitrogen and oxygen atoms in total. The number of hydrogen-bond acceptors (Lipinski definition) is 2. The van der Waals surface area contributed by atoms with Gasteiger partial charge in [0.05, 0.1) is 0 Å². The SMILES string of the molecule is C=C(N)C=NC. The summed E-state index contributed by atoms with van der Waals surface area (Å²) < 4.78 is 0. The molecule has 0 atom stereocenters. The Bertz CT molecular complexity index is 73.6. The zero-order chi connectivity index (χ0) is 4.99. The molecule has 2 N–H and O–H groups in total. The summed E-state index contributed by atoms with van der Waals surface area (Å²) in [5.74, 6) is 0. The standard InChI is InChI=1S/C4H8N2/c1-4(5)3-6-2/h3H,1,5H2,2H3. The van der Waals surface area contributed by atoms with Gasteiger partial charge in [-0.15, -0.1) is 0 Å². The molecule has 0 saturated carbocycles. The summed E-state index contributed by atoms with van der Waals surface area (Å²) in [6, 6.07) is 0. The van der Waals surface area contributed by atoms with Crippen molar-refractivity contribution in [3.05, 3.63) is 12.3 Å². The Morgan fingerprint density at radius 2 is 2.50 bits per heavy atom. The van der Waals surface area contributed by atoms with Crippen LogP contribution in [0.3, 0.4) is 0 Å². The molecule has 6 heavy (non-hydrogen) atoms. The van der Waals surface area contributed by atoms with Gasteiger partial charge in [-0.3, -0.25) is 4.99 Å². The highest BCUT2D eigenvalue weighted by Crippen LogP contribution is 1.62. The Kier molecular flexibility index (Phi) is 2.13. The van der Waals surface area contributed by atoms with Crippen molar-refractivity contribution in [1.82, 2.24) is 0 Å². The van der Waals surface area contributed by atoms with Gasteiger partial charge >= 0.3 is 0 Å². The second-order valence-electron chi connectivity index (χ2n) is 0.962. The fourth-order valence-corrected chi connectivity index (χ4v) is 0.166. The molecule has 0 aliphatic rings. The van der Waals surface area contributed by atoms with Crippen LogP contribution in [-0.2, 0) is 0 Å². The number of hydrogen-bond donors (Lipinski definition) is 1. The maximum absolute atomic E-state index is 5.06. The second kappa shape index (κ2) is 2.45. The first kappa shape index (κ1) is 5.21. The predicted molar refractivity (Wildman–Crippen MR) is 27.7 cm³/mol. The highest BCUT2D eigenvalue weighted by atomic mass is 14.7. The van der Waals surface area contributed by atoms with Crippen molar-refractivity contribution in [3.63, 3.8) is 0 Å². The fourth-order valence-electron chi connectivity index (χ4n) is 0.166. The van der Waals surface area contributed by atoms with Crippen LogP contribution in [-0.4, -0.2) is 13.3 Å². The Morgan fingerprint density at radius 1 is 2.00 bits per heavy atom. The van der Waals surface area contributed by atoms with Crippen molar-refractivity contribution in [2.24, 2.45) is 10.7 Å². The molecule has 0 amide bonds. The fraction of sp³-hybridized carbons (Fsp3) is 0.250. The number of allylic oxidation sites excluding steroid dienone is 1. The molecular weight excluding hydrogens is 76.1 g/mol. The van der Waals surface area contributed by atoms with Crippen LogP contribution < -0.4 is 5.73 Å². The van der Waals surface area contributed by atoms with Gasteiger partial charge in [-0.05, 0) is 0 Å². The molecule has 0 unspecified atom stereocenters. The van der Waals surface area contributed by atoms with E-state index in [9.17, 15) is 0 Å². The van der Waals surface area contributed by atoms with Crippen molar-refractivity contribution in [2.75, 3.05) is 7.05 Å². The topological polar surface area (TPSA) is 38.4 Å². The maximum Gasteiger partial charge on any atom is 0.0432 e. The molecular formula is C4H8N2. The zero-order valence-corrected chi connectivity index (χ0v) is 3.81. The molecule has 0 spiro atoms. The van der Waals surface area contributed by atoms with Gasteiger partial charge in [-0.2, -0.15) is 0 Å². The minimum absolute atomic E-state index is 0.498. The van der Waals surface area contributed by atoms with Gasteiger partial charge in [-0.1, -0.05) is 6.58 Å². The minimum Gasteiger partial charge on any atom is -0.398 e. The van der Waals surface area contributed by atoms with Crippen LogP contribution in [0.15, 0.2) is 17.3 Å². The van der Waals surface area contributed by atoms with E-state index in [2.05, 4.69) is 11.6 Å². The number of nitrogens with two attached hydrogens (primary N) is 1. The van der Waals surface area contributed by atoms with Gasteiger partial charge in [0, 0.05) is 19.0 Å². The van der Waals surface area contributed by atoms with Gasteiger partial charge in [0.2, 0.25) is 0 Å². The quantitative estimate of drug-likeness (QED) is 0.451. The lowest BCUT2D eigenvalue weighted by molar-refractivity contribution is 1.43. The van der Waals surface area contributed by atoms with E-state index in [1.54, 1.807) is 7.05 Å². The summed E-state index contributed by atoms with van der Waals surface area (Å²) in [7, 11) is 1.65. The third-order valence-corrected chi connectivity index (χ3v) is 0.295. The average molecular weight is 84.1 g/mol. The lowest BCUT2D eigenvalue weighted by Gasteiger charge is -1.77. The summed E-state index contributed by atoms with van der Waals surface area (Å²) in [6.07, 6.45) is 1.50. The van der Waals surface area contributed by atoms with Crippen molar-refractivity contribution in [1.29, 1.82) is 0 Å². The van der Waals surface area contributed by atoms with Crippen molar-refractivity contribution in [2.45, 2.75) is 0 Å². The third-order valence-electron chi connectivity index (χ3n) is 0.295. The van der Waals surface area contributed by atoms with E-state index >= 15 is 0 Å². The molecule has 0 bridgehead atoms. The summed E-state index contributed by atoms with van der Waals surface area (Å²) in [4.78, 5) is 3.59. The van der Waals surface area contributed by atoms with Crippen molar-refractivity contribution >= 4 is 6.21 Å². The van der Waals surface area contributed by atoms with Gasteiger partial charge in [0.25, 0.3) is 0 Å². The molecule has 34 valence electrons. The van der Waals surface area contributed by atoms with E-state index in [1.807, 2.05) is 0 Å². The first-order valence-corrected chi connectivity index (χ1v) is 1.64. The monoisotopic (exact) mass is 84.1 g/mol. The molecule has 0 aliphatic carbocycles. The van der Waals surface area contributed by atoms with E-state index < -0.39 is 0 Å². The van der Waals surface area contributed by atoms with Gasteiger partial charge in [0.15, 0.2) is 0 Å². The largest absolute Gasteiger partial charge is 0.398 e. The van der Waals surface area contributed by atoms with Gasteiger partial charge < -0.3 is 5.73 Å². The molecule has 0 saturated heterocycles. The average Bonchev–Trinajstić information content (AvgIpc) is 1.35. The van der Waals surface area contributed by atoms with Crippen LogP contribution in [0.5, 0.6) is 0 Å². The van der Waals surface area contributed by atoms with Gasteiger partial charge in [0.1, 0.15) is 0 Å². The predicted octanol–water partition coefficient (Wildman–Crippen LogP) is 0.159. The highest BCUT2D eigenvalue weighted by molar-refractivity contribution is 5.75. The molecule has 0 fully saturated rings. The van der Waals surface area contributed by atoms with Crippen LogP contribution in [0.25, 0.3) is 0 Å². The molecule has 0 aliphatic heterocycles. The van der Waals surface area contributed by atoms with E-state index in [4.69, 9.17) is 5.73 Å². The molecule has 2 heteroatoms. The van der Waals surface area contributed by atoms with E-state index in [1.165, 1.54) is 6.21 Å². The second-order valence-corrected chi connectivity index (χ2v) is 0.962. The van der Waals surface area contributed by atoms with E-state index in [0.717, 1.165) is 0 Å². The lowest BCUT2D eigenvalue weighted by atomic mass is 10.6. The van der Waals surface area contributed by atoms with Crippen LogP contribution in [0.2, 0.25) is 0 Å². The molecule has 0 heterocycles. The number of nitrogens with zero attached hydrogens (tertiary/aromatic N) is 1. The normalized spacial score (nSPS) is 9.50. The number of aliphatic imine (C=N–C) groups is 1. The maximum atomic E-state index is 5.06. The third kappa shape index (κ3) is 3.21. The van der Waals surface area contributed by atoms with Gasteiger partial charge in [-0.25, -0.2) is 0 Å².